The lowest BCUT2D eigenvalue weighted by molar-refractivity contribution is 0.244. The molecule has 0 saturated carbocycles. The minimum absolute atomic E-state index is 0.283. The summed E-state index contributed by atoms with van der Waals surface area (Å²) in [5.74, 6) is 2.61. The summed E-state index contributed by atoms with van der Waals surface area (Å²) in [5.41, 5.74) is 1.21. The van der Waals surface area contributed by atoms with E-state index in [1.807, 2.05) is 0 Å². The minimum Gasteiger partial charge on any atom is -0.396 e. The Hall–Kier alpha value is -1.36. The minimum atomic E-state index is 0.283. The van der Waals surface area contributed by atoms with E-state index in [0.29, 0.717) is 5.92 Å². The molecule has 0 aliphatic carbocycles. The van der Waals surface area contributed by atoms with Crippen molar-refractivity contribution in [3.05, 3.63) is 11.9 Å². The molecule has 5 nitrogen and oxygen atoms in total. The number of hydrogen-bond acceptors (Lipinski definition) is 5. The molecule has 2 heterocycles. The first-order chi connectivity index (χ1) is 9.80. The number of aromatic nitrogens is 2. The van der Waals surface area contributed by atoms with Crippen LogP contribution in [0.25, 0.3) is 0 Å². The fraction of sp³-hybridized carbons (Fsp3) is 0.733. The van der Waals surface area contributed by atoms with Crippen LogP contribution in [0.3, 0.4) is 0 Å². The molecular formula is C15H26N4O. The highest BCUT2D eigenvalue weighted by Gasteiger charge is 2.23. The summed E-state index contributed by atoms with van der Waals surface area (Å²) in [4.78, 5) is 11.3. The van der Waals surface area contributed by atoms with Crippen LogP contribution in [0.2, 0.25) is 0 Å². The molecule has 2 rings (SSSR count). The van der Waals surface area contributed by atoms with E-state index in [0.717, 1.165) is 44.1 Å². The number of aliphatic hydroxyl groups is 1. The van der Waals surface area contributed by atoms with Gasteiger partial charge in [-0.1, -0.05) is 6.92 Å². The van der Waals surface area contributed by atoms with E-state index in [1.165, 1.54) is 18.4 Å². The van der Waals surface area contributed by atoms with Crippen LogP contribution < -0.4 is 10.2 Å². The Morgan fingerprint density at radius 2 is 2.25 bits per heavy atom. The van der Waals surface area contributed by atoms with Crippen LogP contribution in [0.1, 0.15) is 38.7 Å². The Kier molecular flexibility index (Phi) is 5.59. The number of nitrogens with one attached hydrogen (secondary N) is 1. The monoisotopic (exact) mass is 278 g/mol. The second-order valence-electron chi connectivity index (χ2n) is 5.37. The lowest BCUT2D eigenvalue weighted by atomic mass is 9.95. The van der Waals surface area contributed by atoms with Gasteiger partial charge in [-0.05, 0) is 38.5 Å². The zero-order valence-electron chi connectivity index (χ0n) is 12.6. The highest BCUT2D eigenvalue weighted by atomic mass is 16.3. The Labute approximate surface area is 121 Å². The Balaban J connectivity index is 2.20. The van der Waals surface area contributed by atoms with Crippen molar-refractivity contribution in [1.82, 2.24) is 9.97 Å². The van der Waals surface area contributed by atoms with E-state index in [1.54, 1.807) is 6.33 Å². The first kappa shape index (κ1) is 15.0. The fourth-order valence-corrected chi connectivity index (χ4v) is 3.00. The lowest BCUT2D eigenvalue weighted by Gasteiger charge is -2.34. The molecule has 2 N–H and O–H groups in total. The molecule has 1 aliphatic rings. The number of anilines is 2. The Morgan fingerprint density at radius 1 is 1.40 bits per heavy atom. The lowest BCUT2D eigenvalue weighted by Crippen LogP contribution is -2.37. The third kappa shape index (κ3) is 3.39. The number of hydrogen-bond donors (Lipinski definition) is 2. The number of aliphatic hydroxyl groups excluding tert-OH is 1. The van der Waals surface area contributed by atoms with E-state index >= 15 is 0 Å². The van der Waals surface area contributed by atoms with E-state index in [9.17, 15) is 0 Å². The number of nitrogens with zero attached hydrogens (tertiary/aromatic N) is 3. The molecule has 1 saturated heterocycles. The van der Waals surface area contributed by atoms with E-state index in [-0.39, 0.29) is 6.61 Å². The van der Waals surface area contributed by atoms with Crippen molar-refractivity contribution in [2.24, 2.45) is 5.92 Å². The van der Waals surface area contributed by atoms with Crippen LogP contribution in [0, 0.1) is 5.92 Å². The van der Waals surface area contributed by atoms with Crippen molar-refractivity contribution in [3.8, 4) is 0 Å². The molecule has 1 unspecified atom stereocenters. The zero-order valence-corrected chi connectivity index (χ0v) is 12.6. The summed E-state index contributed by atoms with van der Waals surface area (Å²) in [6, 6.07) is 0. The van der Waals surface area contributed by atoms with Crippen LogP contribution >= 0.6 is 0 Å². The third-order valence-electron chi connectivity index (χ3n) is 3.98. The van der Waals surface area contributed by atoms with Gasteiger partial charge < -0.3 is 15.3 Å². The SMILES string of the molecule is CCNc1ncnc(N2CCCC(CCO)C2)c1CC. The van der Waals surface area contributed by atoms with Gasteiger partial charge in [0.15, 0.2) is 0 Å². The summed E-state index contributed by atoms with van der Waals surface area (Å²) in [7, 11) is 0. The topological polar surface area (TPSA) is 61.3 Å². The average molecular weight is 278 g/mol. The predicted octanol–water partition coefficient (Wildman–Crippen LogP) is 2.07. The van der Waals surface area contributed by atoms with Gasteiger partial charge in [0, 0.05) is 31.8 Å². The van der Waals surface area contributed by atoms with Crippen molar-refractivity contribution in [1.29, 1.82) is 0 Å². The van der Waals surface area contributed by atoms with Gasteiger partial charge in [0.2, 0.25) is 0 Å². The predicted molar refractivity (Wildman–Crippen MR) is 82.2 cm³/mol. The van der Waals surface area contributed by atoms with E-state index in [2.05, 4.69) is 34.0 Å². The smallest absolute Gasteiger partial charge is 0.137 e. The molecule has 1 aromatic rings. The number of rotatable bonds is 6. The first-order valence-electron chi connectivity index (χ1n) is 7.73. The molecule has 1 aromatic heterocycles. The van der Waals surface area contributed by atoms with Crippen molar-refractivity contribution in [2.45, 2.75) is 39.5 Å². The Bertz CT molecular complexity index is 422. The van der Waals surface area contributed by atoms with Crippen molar-refractivity contribution < 1.29 is 5.11 Å². The van der Waals surface area contributed by atoms with Gasteiger partial charge in [-0.25, -0.2) is 9.97 Å². The third-order valence-corrected chi connectivity index (χ3v) is 3.98. The molecular weight excluding hydrogens is 252 g/mol. The second kappa shape index (κ2) is 7.43. The van der Waals surface area contributed by atoms with Gasteiger partial charge >= 0.3 is 0 Å². The van der Waals surface area contributed by atoms with Gasteiger partial charge in [-0.3, -0.25) is 0 Å². The maximum Gasteiger partial charge on any atom is 0.137 e. The van der Waals surface area contributed by atoms with Crippen LogP contribution in [-0.2, 0) is 6.42 Å². The van der Waals surface area contributed by atoms with Crippen LogP contribution in [0.15, 0.2) is 6.33 Å². The molecule has 1 fully saturated rings. The van der Waals surface area contributed by atoms with Crippen LogP contribution in [0.5, 0.6) is 0 Å². The van der Waals surface area contributed by atoms with Crippen LogP contribution in [-0.4, -0.2) is 41.3 Å². The highest BCUT2D eigenvalue weighted by molar-refractivity contribution is 5.59. The zero-order chi connectivity index (χ0) is 14.4. The van der Waals surface area contributed by atoms with Crippen LogP contribution in [0.4, 0.5) is 11.6 Å². The summed E-state index contributed by atoms with van der Waals surface area (Å²) in [6.07, 6.45) is 5.86. The van der Waals surface area contributed by atoms with Crippen molar-refractivity contribution in [2.75, 3.05) is 36.5 Å². The first-order valence-corrected chi connectivity index (χ1v) is 7.73. The standard InChI is InChI=1S/C15H26N4O/c1-3-13-14(16-4-2)17-11-18-15(13)19-8-5-6-12(10-19)7-9-20/h11-12,20H,3-10H2,1-2H3,(H,16,17,18). The molecule has 1 aliphatic heterocycles. The highest BCUT2D eigenvalue weighted by Crippen LogP contribution is 2.29. The average Bonchev–Trinajstić information content (AvgIpc) is 2.48. The Morgan fingerprint density at radius 3 is 2.95 bits per heavy atom. The molecule has 0 bridgehead atoms. The summed E-state index contributed by atoms with van der Waals surface area (Å²) >= 11 is 0. The van der Waals surface area contributed by atoms with Gasteiger partial charge in [0.05, 0.1) is 0 Å². The van der Waals surface area contributed by atoms with Crippen molar-refractivity contribution >= 4 is 11.6 Å². The van der Waals surface area contributed by atoms with E-state index < -0.39 is 0 Å². The normalized spacial score (nSPS) is 19.1. The largest absolute Gasteiger partial charge is 0.396 e. The summed E-state index contributed by atoms with van der Waals surface area (Å²) < 4.78 is 0. The molecule has 0 spiro atoms. The maximum absolute atomic E-state index is 9.14. The van der Waals surface area contributed by atoms with Gasteiger partial charge in [-0.2, -0.15) is 0 Å². The maximum atomic E-state index is 9.14. The summed E-state index contributed by atoms with van der Waals surface area (Å²) in [6.45, 7) is 7.44. The number of piperidine rings is 1. The summed E-state index contributed by atoms with van der Waals surface area (Å²) in [5, 5.41) is 12.5. The van der Waals surface area contributed by atoms with E-state index in [4.69, 9.17) is 5.11 Å². The van der Waals surface area contributed by atoms with Crippen molar-refractivity contribution in [3.63, 3.8) is 0 Å². The molecule has 0 aromatic carbocycles. The molecule has 0 amide bonds. The quantitative estimate of drug-likeness (QED) is 0.834. The second-order valence-corrected chi connectivity index (χ2v) is 5.37. The molecule has 1 atom stereocenters. The van der Waals surface area contributed by atoms with Gasteiger partial charge in [0.25, 0.3) is 0 Å². The molecule has 112 valence electrons. The molecule has 0 radical (unpaired) electrons. The van der Waals surface area contributed by atoms with Gasteiger partial charge in [0.1, 0.15) is 18.0 Å². The fourth-order valence-electron chi connectivity index (χ4n) is 3.00. The van der Waals surface area contributed by atoms with Gasteiger partial charge in [-0.15, -0.1) is 0 Å². The molecule has 20 heavy (non-hydrogen) atoms. The molecule has 5 heteroatoms.